The minimum absolute atomic E-state index is 0.0331. The molecule has 0 spiro atoms. The molecule has 2 atom stereocenters. The first-order valence-corrected chi connectivity index (χ1v) is 8.75. The minimum Gasteiger partial charge on any atom is -0.352 e. The van der Waals surface area contributed by atoms with Crippen LogP contribution in [-0.4, -0.2) is 18.0 Å². The molecule has 3 N–H and O–H groups in total. The first-order valence-electron chi connectivity index (χ1n) is 8.75. The van der Waals surface area contributed by atoms with E-state index >= 15 is 0 Å². The van der Waals surface area contributed by atoms with Gasteiger partial charge in [-0.1, -0.05) is 20.8 Å². The lowest BCUT2D eigenvalue weighted by atomic mass is 9.48. The highest BCUT2D eigenvalue weighted by atomic mass is 16.2. The Kier molecular flexibility index (Phi) is 3.63. The number of hydrogen-bond donors (Lipinski definition) is 2. The van der Waals surface area contributed by atoms with Gasteiger partial charge in [-0.05, 0) is 74.0 Å². The summed E-state index contributed by atoms with van der Waals surface area (Å²) in [5, 5.41) is 3.28. The summed E-state index contributed by atoms with van der Waals surface area (Å²) in [6.45, 7) is 8.33. The van der Waals surface area contributed by atoms with Gasteiger partial charge < -0.3 is 11.1 Å². The Morgan fingerprint density at radius 2 is 1.52 bits per heavy atom. The van der Waals surface area contributed by atoms with Crippen LogP contribution in [0.5, 0.6) is 0 Å². The van der Waals surface area contributed by atoms with Crippen LogP contribution in [0.3, 0.4) is 0 Å². The average molecular weight is 292 g/mol. The maximum atomic E-state index is 12.5. The largest absolute Gasteiger partial charge is 0.352 e. The van der Waals surface area contributed by atoms with Gasteiger partial charge in [0.05, 0.1) is 6.04 Å². The molecule has 1 unspecified atom stereocenters. The van der Waals surface area contributed by atoms with Crippen molar-refractivity contribution in [1.29, 1.82) is 0 Å². The number of carbonyl (C=O) groups is 1. The van der Waals surface area contributed by atoms with Crippen molar-refractivity contribution in [3.63, 3.8) is 0 Å². The normalized spacial score (nSPS) is 40.9. The van der Waals surface area contributed by atoms with Crippen LogP contribution in [0.15, 0.2) is 0 Å². The Hall–Kier alpha value is -0.570. The SMILES string of the molecule is CC(NC(=O)[C@@H](N)C(C)(C)C)C12CC3CC(CC(C3)C1)C2. The maximum Gasteiger partial charge on any atom is 0.237 e. The highest BCUT2D eigenvalue weighted by Gasteiger charge is 2.53. The number of hydrogen-bond acceptors (Lipinski definition) is 2. The molecule has 4 saturated carbocycles. The van der Waals surface area contributed by atoms with E-state index in [1.807, 2.05) is 20.8 Å². The molecule has 0 saturated heterocycles. The van der Waals surface area contributed by atoms with Gasteiger partial charge in [0.1, 0.15) is 0 Å². The third-order valence-electron chi connectivity index (χ3n) is 6.58. The number of rotatable bonds is 3. The Bertz CT molecular complexity index is 388. The van der Waals surface area contributed by atoms with Crippen molar-refractivity contribution in [3.05, 3.63) is 0 Å². The van der Waals surface area contributed by atoms with Crippen molar-refractivity contribution in [2.75, 3.05) is 0 Å². The molecule has 120 valence electrons. The van der Waals surface area contributed by atoms with Gasteiger partial charge in [0, 0.05) is 6.04 Å². The van der Waals surface area contributed by atoms with Crippen LogP contribution in [0, 0.1) is 28.6 Å². The van der Waals surface area contributed by atoms with Crippen molar-refractivity contribution in [1.82, 2.24) is 5.32 Å². The zero-order valence-electron chi connectivity index (χ0n) is 14.1. The van der Waals surface area contributed by atoms with Gasteiger partial charge in [-0.15, -0.1) is 0 Å². The third-order valence-corrected chi connectivity index (χ3v) is 6.58. The van der Waals surface area contributed by atoms with Crippen LogP contribution >= 0.6 is 0 Å². The molecule has 0 radical (unpaired) electrons. The van der Waals surface area contributed by atoms with Crippen molar-refractivity contribution >= 4 is 5.91 Å². The smallest absolute Gasteiger partial charge is 0.237 e. The van der Waals surface area contributed by atoms with E-state index in [1.54, 1.807) is 0 Å². The predicted octanol–water partition coefficient (Wildman–Crippen LogP) is 3.08. The van der Waals surface area contributed by atoms with Crippen LogP contribution in [0.25, 0.3) is 0 Å². The van der Waals surface area contributed by atoms with Crippen LogP contribution in [0.1, 0.15) is 66.2 Å². The zero-order chi connectivity index (χ0) is 15.4. The van der Waals surface area contributed by atoms with Crippen molar-refractivity contribution in [2.45, 2.75) is 78.3 Å². The van der Waals surface area contributed by atoms with Crippen LogP contribution in [0.4, 0.5) is 0 Å². The molecule has 0 aliphatic heterocycles. The minimum atomic E-state index is -0.422. The molecule has 4 aliphatic carbocycles. The number of amides is 1. The van der Waals surface area contributed by atoms with E-state index in [0.29, 0.717) is 5.41 Å². The number of carbonyl (C=O) groups excluding carboxylic acids is 1. The van der Waals surface area contributed by atoms with Crippen molar-refractivity contribution in [3.8, 4) is 0 Å². The van der Waals surface area contributed by atoms with Crippen LogP contribution in [0.2, 0.25) is 0 Å². The van der Waals surface area contributed by atoms with E-state index < -0.39 is 6.04 Å². The van der Waals surface area contributed by atoms with E-state index in [1.165, 1.54) is 38.5 Å². The lowest BCUT2D eigenvalue weighted by molar-refractivity contribution is -0.129. The third kappa shape index (κ3) is 2.74. The Morgan fingerprint density at radius 1 is 1.10 bits per heavy atom. The second-order valence-corrected chi connectivity index (χ2v) is 9.35. The Morgan fingerprint density at radius 3 is 1.90 bits per heavy atom. The molecule has 4 fully saturated rings. The topological polar surface area (TPSA) is 55.1 Å². The summed E-state index contributed by atoms with van der Waals surface area (Å²) in [7, 11) is 0. The fraction of sp³-hybridized carbons (Fsp3) is 0.944. The fourth-order valence-electron chi connectivity index (χ4n) is 5.56. The molecule has 21 heavy (non-hydrogen) atoms. The van der Waals surface area contributed by atoms with Crippen molar-refractivity contribution < 1.29 is 4.79 Å². The van der Waals surface area contributed by atoms with E-state index in [0.717, 1.165) is 17.8 Å². The summed E-state index contributed by atoms with van der Waals surface area (Å²) in [4.78, 5) is 12.5. The zero-order valence-corrected chi connectivity index (χ0v) is 14.1. The summed E-state index contributed by atoms with van der Waals surface area (Å²) >= 11 is 0. The van der Waals surface area contributed by atoms with Crippen molar-refractivity contribution in [2.24, 2.45) is 34.3 Å². The highest BCUT2D eigenvalue weighted by molar-refractivity contribution is 5.82. The van der Waals surface area contributed by atoms with E-state index in [2.05, 4.69) is 12.2 Å². The second kappa shape index (κ2) is 4.97. The number of nitrogens with two attached hydrogens (primary N) is 1. The lowest BCUT2D eigenvalue weighted by Gasteiger charge is -2.59. The summed E-state index contributed by atoms with van der Waals surface area (Å²) < 4.78 is 0. The van der Waals surface area contributed by atoms with Crippen LogP contribution < -0.4 is 11.1 Å². The molecule has 4 bridgehead atoms. The molecular weight excluding hydrogens is 260 g/mol. The number of nitrogens with one attached hydrogen (secondary N) is 1. The van der Waals surface area contributed by atoms with E-state index in [-0.39, 0.29) is 17.4 Å². The molecule has 0 aromatic heterocycles. The summed E-state index contributed by atoms with van der Waals surface area (Å²) in [5.41, 5.74) is 6.31. The van der Waals surface area contributed by atoms with Gasteiger partial charge in [0.2, 0.25) is 5.91 Å². The molecule has 4 aliphatic rings. The molecule has 4 rings (SSSR count). The van der Waals surface area contributed by atoms with Crippen LogP contribution in [-0.2, 0) is 4.79 Å². The first-order chi connectivity index (χ1) is 9.69. The first kappa shape index (κ1) is 15.3. The Labute approximate surface area is 129 Å². The molecular formula is C18H32N2O. The van der Waals surface area contributed by atoms with E-state index in [4.69, 9.17) is 5.73 Å². The molecule has 0 aromatic carbocycles. The molecule has 0 aromatic rings. The predicted molar refractivity (Wildman–Crippen MR) is 85.6 cm³/mol. The summed E-state index contributed by atoms with van der Waals surface area (Å²) in [6, 6.07) is -0.152. The average Bonchev–Trinajstić information content (AvgIpc) is 2.34. The summed E-state index contributed by atoms with van der Waals surface area (Å²) in [6.07, 6.45) is 8.31. The second-order valence-electron chi connectivity index (χ2n) is 9.35. The fourth-order valence-corrected chi connectivity index (χ4v) is 5.56. The van der Waals surface area contributed by atoms with Gasteiger partial charge in [0.25, 0.3) is 0 Å². The van der Waals surface area contributed by atoms with E-state index in [9.17, 15) is 4.79 Å². The van der Waals surface area contributed by atoms with Gasteiger partial charge in [0.15, 0.2) is 0 Å². The van der Waals surface area contributed by atoms with Gasteiger partial charge in [-0.3, -0.25) is 4.79 Å². The lowest BCUT2D eigenvalue weighted by Crippen LogP contribution is -2.59. The molecule has 0 heterocycles. The highest BCUT2D eigenvalue weighted by Crippen LogP contribution is 2.61. The summed E-state index contributed by atoms with van der Waals surface area (Å²) in [5.74, 6) is 2.80. The Balaban J connectivity index is 1.68. The molecule has 1 amide bonds. The quantitative estimate of drug-likeness (QED) is 0.840. The standard InChI is InChI=1S/C18H32N2O/c1-11(20-16(21)15(19)17(2,3)4)18-8-12-5-13(9-18)7-14(6-12)10-18/h11-15H,5-10,19H2,1-4H3,(H,20,21)/t11?,12?,13?,14?,15-,18?/m1/s1. The van der Waals surface area contributed by atoms with Gasteiger partial charge in [-0.25, -0.2) is 0 Å². The monoisotopic (exact) mass is 292 g/mol. The maximum absolute atomic E-state index is 12.5. The van der Waals surface area contributed by atoms with Gasteiger partial charge in [-0.2, -0.15) is 0 Å². The van der Waals surface area contributed by atoms with Gasteiger partial charge >= 0.3 is 0 Å². The molecule has 3 nitrogen and oxygen atoms in total. The molecule has 3 heteroatoms.